The van der Waals surface area contributed by atoms with Crippen LogP contribution in [0.1, 0.15) is 24.2 Å². The molecular formula is C20H24ClN3O3. The number of nitrogens with zero attached hydrogens (tertiary/aromatic N) is 1. The number of carbonyl (C=O) groups is 2. The Morgan fingerprint density at radius 1 is 1.04 bits per heavy atom. The number of methoxy groups -OCH3 is 1. The number of ether oxygens (including phenoxy) is 1. The molecule has 0 aliphatic rings. The number of carbonyl (C=O) groups excluding carboxylic acids is 2. The fourth-order valence-corrected chi connectivity index (χ4v) is 2.81. The van der Waals surface area contributed by atoms with E-state index in [9.17, 15) is 9.59 Å². The van der Waals surface area contributed by atoms with Gasteiger partial charge in [-0.1, -0.05) is 11.6 Å². The van der Waals surface area contributed by atoms with Crippen molar-refractivity contribution in [2.45, 2.75) is 13.8 Å². The van der Waals surface area contributed by atoms with Gasteiger partial charge >= 0.3 is 0 Å². The van der Waals surface area contributed by atoms with Crippen LogP contribution in [0.2, 0.25) is 5.02 Å². The Bertz CT molecular complexity index is 790. The van der Waals surface area contributed by atoms with Crippen molar-refractivity contribution < 1.29 is 14.3 Å². The lowest BCUT2D eigenvalue weighted by molar-refractivity contribution is -0.114. The molecule has 0 unspecified atom stereocenters. The molecule has 0 fully saturated rings. The quantitative estimate of drug-likeness (QED) is 0.718. The molecule has 2 N–H and O–H groups in total. The summed E-state index contributed by atoms with van der Waals surface area (Å²) in [5.41, 5.74) is 1.95. The van der Waals surface area contributed by atoms with Gasteiger partial charge in [0.25, 0.3) is 5.91 Å². The van der Waals surface area contributed by atoms with E-state index < -0.39 is 0 Å². The second kappa shape index (κ2) is 9.83. The Hall–Kier alpha value is -2.73. The molecule has 0 saturated carbocycles. The van der Waals surface area contributed by atoms with Crippen molar-refractivity contribution in [2.75, 3.05) is 37.4 Å². The summed E-state index contributed by atoms with van der Waals surface area (Å²) in [6.45, 7) is 5.30. The topological polar surface area (TPSA) is 70.7 Å². The van der Waals surface area contributed by atoms with Crippen molar-refractivity contribution in [2.24, 2.45) is 0 Å². The van der Waals surface area contributed by atoms with Crippen LogP contribution in [-0.4, -0.2) is 43.5 Å². The van der Waals surface area contributed by atoms with Crippen LogP contribution in [0.15, 0.2) is 42.5 Å². The first-order valence-electron chi connectivity index (χ1n) is 8.75. The van der Waals surface area contributed by atoms with E-state index in [-0.39, 0.29) is 18.4 Å². The Morgan fingerprint density at radius 3 is 2.22 bits per heavy atom. The first-order chi connectivity index (χ1) is 13.0. The highest BCUT2D eigenvalue weighted by Crippen LogP contribution is 2.27. The third kappa shape index (κ3) is 5.62. The van der Waals surface area contributed by atoms with Crippen LogP contribution in [0.25, 0.3) is 0 Å². The monoisotopic (exact) mass is 389 g/mol. The number of amides is 2. The second-order valence-corrected chi connectivity index (χ2v) is 6.21. The number of rotatable bonds is 8. The highest BCUT2D eigenvalue weighted by Gasteiger charge is 2.12. The zero-order valence-electron chi connectivity index (χ0n) is 15.7. The average Bonchev–Trinajstić information content (AvgIpc) is 2.68. The molecule has 0 saturated heterocycles. The van der Waals surface area contributed by atoms with E-state index in [4.69, 9.17) is 16.3 Å². The van der Waals surface area contributed by atoms with Crippen LogP contribution in [0.5, 0.6) is 5.75 Å². The van der Waals surface area contributed by atoms with E-state index in [0.29, 0.717) is 35.1 Å². The SMILES string of the molecule is CCN(CC)C(=O)c1ccc(NC(=O)CNc2ccc(OC)c(Cl)c2)cc1. The first-order valence-corrected chi connectivity index (χ1v) is 9.12. The van der Waals surface area contributed by atoms with Gasteiger partial charge in [-0.15, -0.1) is 0 Å². The summed E-state index contributed by atoms with van der Waals surface area (Å²) in [6.07, 6.45) is 0. The minimum atomic E-state index is -0.204. The molecule has 27 heavy (non-hydrogen) atoms. The highest BCUT2D eigenvalue weighted by atomic mass is 35.5. The van der Waals surface area contributed by atoms with Gasteiger partial charge < -0.3 is 20.3 Å². The third-order valence-corrected chi connectivity index (χ3v) is 4.37. The zero-order valence-corrected chi connectivity index (χ0v) is 16.5. The van der Waals surface area contributed by atoms with E-state index >= 15 is 0 Å². The average molecular weight is 390 g/mol. The Morgan fingerprint density at radius 2 is 1.67 bits per heavy atom. The van der Waals surface area contributed by atoms with E-state index in [1.54, 1.807) is 54.5 Å². The smallest absolute Gasteiger partial charge is 0.253 e. The van der Waals surface area contributed by atoms with Gasteiger partial charge in [-0.05, 0) is 56.3 Å². The lowest BCUT2D eigenvalue weighted by atomic mass is 10.1. The third-order valence-electron chi connectivity index (χ3n) is 4.07. The van der Waals surface area contributed by atoms with E-state index in [2.05, 4.69) is 10.6 Å². The number of halogens is 1. The van der Waals surface area contributed by atoms with Crippen molar-refractivity contribution in [3.8, 4) is 5.75 Å². The fraction of sp³-hybridized carbons (Fsp3) is 0.300. The van der Waals surface area contributed by atoms with Gasteiger partial charge in [0.15, 0.2) is 0 Å². The van der Waals surface area contributed by atoms with Gasteiger partial charge in [0, 0.05) is 30.0 Å². The molecule has 0 heterocycles. The van der Waals surface area contributed by atoms with Crippen molar-refractivity contribution in [1.82, 2.24) is 4.90 Å². The maximum Gasteiger partial charge on any atom is 0.253 e. The summed E-state index contributed by atoms with van der Waals surface area (Å²) in [6, 6.07) is 12.1. The molecule has 2 aromatic rings. The Balaban J connectivity index is 1.90. The summed E-state index contributed by atoms with van der Waals surface area (Å²) >= 11 is 6.06. The van der Waals surface area contributed by atoms with Gasteiger partial charge in [-0.2, -0.15) is 0 Å². The minimum absolute atomic E-state index is 0.0177. The van der Waals surface area contributed by atoms with Crippen molar-refractivity contribution in [3.05, 3.63) is 53.1 Å². The maximum atomic E-state index is 12.3. The number of hydrogen-bond acceptors (Lipinski definition) is 4. The Kier molecular flexibility index (Phi) is 7.49. The summed E-state index contributed by atoms with van der Waals surface area (Å²) in [5.74, 6) is 0.353. The van der Waals surface area contributed by atoms with Crippen molar-refractivity contribution >= 4 is 34.8 Å². The number of nitrogens with one attached hydrogen (secondary N) is 2. The largest absolute Gasteiger partial charge is 0.495 e. The maximum absolute atomic E-state index is 12.3. The molecule has 0 bridgehead atoms. The molecule has 2 amide bonds. The molecular weight excluding hydrogens is 366 g/mol. The minimum Gasteiger partial charge on any atom is -0.495 e. The van der Waals surface area contributed by atoms with Crippen molar-refractivity contribution in [1.29, 1.82) is 0 Å². The molecule has 144 valence electrons. The van der Waals surface area contributed by atoms with Gasteiger partial charge in [-0.3, -0.25) is 9.59 Å². The molecule has 2 aromatic carbocycles. The van der Waals surface area contributed by atoms with Crippen LogP contribution in [-0.2, 0) is 4.79 Å². The second-order valence-electron chi connectivity index (χ2n) is 5.81. The molecule has 6 nitrogen and oxygen atoms in total. The number of hydrogen-bond donors (Lipinski definition) is 2. The van der Waals surface area contributed by atoms with Crippen molar-refractivity contribution in [3.63, 3.8) is 0 Å². The van der Waals surface area contributed by atoms with Crippen LogP contribution < -0.4 is 15.4 Å². The summed E-state index contributed by atoms with van der Waals surface area (Å²) in [7, 11) is 1.54. The molecule has 7 heteroatoms. The van der Waals surface area contributed by atoms with Gasteiger partial charge in [0.2, 0.25) is 5.91 Å². The molecule has 0 atom stereocenters. The normalized spacial score (nSPS) is 10.2. The first kappa shape index (κ1) is 20.6. The van der Waals surface area contributed by atoms with E-state index in [1.807, 2.05) is 13.8 Å². The van der Waals surface area contributed by atoms with Crippen LogP contribution in [0, 0.1) is 0 Å². The lowest BCUT2D eigenvalue weighted by Gasteiger charge is -2.18. The van der Waals surface area contributed by atoms with Gasteiger partial charge in [0.1, 0.15) is 5.75 Å². The van der Waals surface area contributed by atoms with Crippen LogP contribution in [0.4, 0.5) is 11.4 Å². The standard InChI is InChI=1S/C20H24ClN3O3/c1-4-24(5-2)20(26)14-6-8-15(9-7-14)23-19(25)13-22-16-10-11-18(27-3)17(21)12-16/h6-12,22H,4-5,13H2,1-3H3,(H,23,25). The zero-order chi connectivity index (χ0) is 19.8. The highest BCUT2D eigenvalue weighted by molar-refractivity contribution is 6.32. The summed E-state index contributed by atoms with van der Waals surface area (Å²) in [4.78, 5) is 26.1. The predicted molar refractivity (Wildman–Crippen MR) is 109 cm³/mol. The van der Waals surface area contributed by atoms with E-state index in [1.165, 1.54) is 0 Å². The number of anilines is 2. The van der Waals surface area contributed by atoms with E-state index in [0.717, 1.165) is 5.69 Å². The molecule has 0 aliphatic heterocycles. The predicted octanol–water partition coefficient (Wildman–Crippen LogP) is 3.88. The molecule has 0 aromatic heterocycles. The van der Waals surface area contributed by atoms with Crippen LogP contribution >= 0.6 is 11.6 Å². The number of benzene rings is 2. The van der Waals surface area contributed by atoms with Gasteiger partial charge in [-0.25, -0.2) is 0 Å². The summed E-state index contributed by atoms with van der Waals surface area (Å²) in [5, 5.41) is 6.26. The fourth-order valence-electron chi connectivity index (χ4n) is 2.55. The molecule has 2 rings (SSSR count). The summed E-state index contributed by atoms with van der Waals surface area (Å²) < 4.78 is 5.09. The molecule has 0 radical (unpaired) electrons. The molecule has 0 aliphatic carbocycles. The molecule has 0 spiro atoms. The Labute approximate surface area is 164 Å². The van der Waals surface area contributed by atoms with Gasteiger partial charge in [0.05, 0.1) is 18.7 Å². The lowest BCUT2D eigenvalue weighted by Crippen LogP contribution is -2.30. The van der Waals surface area contributed by atoms with Crippen LogP contribution in [0.3, 0.4) is 0 Å².